The van der Waals surface area contributed by atoms with Crippen LogP contribution in [0.3, 0.4) is 0 Å². The largest absolute Gasteiger partial charge is 0.240 e. The summed E-state index contributed by atoms with van der Waals surface area (Å²) in [5.41, 5.74) is 1.91. The molecule has 17 heavy (non-hydrogen) atoms. The second-order valence-corrected chi connectivity index (χ2v) is 6.27. The molecule has 0 saturated carbocycles. The Bertz CT molecular complexity index is 487. The molecule has 0 aliphatic carbocycles. The fourth-order valence-corrected chi connectivity index (χ4v) is 2.43. The van der Waals surface area contributed by atoms with Crippen molar-refractivity contribution in [3.8, 4) is 0 Å². The van der Waals surface area contributed by atoms with E-state index in [4.69, 9.17) is 0 Å². The Labute approximate surface area is 104 Å². The molecular formula is C13H19NO2S. The van der Waals surface area contributed by atoms with E-state index in [1.54, 1.807) is 19.1 Å². The molecule has 0 aliphatic heterocycles. The van der Waals surface area contributed by atoms with Gasteiger partial charge in [0, 0.05) is 6.54 Å². The van der Waals surface area contributed by atoms with Crippen LogP contribution in [-0.2, 0) is 10.0 Å². The molecule has 1 aromatic carbocycles. The quantitative estimate of drug-likeness (QED) is 0.820. The smallest absolute Gasteiger partial charge is 0.207 e. The summed E-state index contributed by atoms with van der Waals surface area (Å²) >= 11 is 0. The SMILES string of the molecule is C=C(C)CNS(=O)(=O)c1ccc(C(C)C)cc1. The van der Waals surface area contributed by atoms with Crippen LogP contribution < -0.4 is 4.72 Å². The Kier molecular flexibility index (Phi) is 4.48. The maximum atomic E-state index is 11.9. The Balaban J connectivity index is 2.89. The van der Waals surface area contributed by atoms with Crippen LogP contribution in [0.15, 0.2) is 41.3 Å². The Morgan fingerprint density at radius 3 is 2.24 bits per heavy atom. The summed E-state index contributed by atoms with van der Waals surface area (Å²) < 4.78 is 26.2. The first-order valence-corrected chi connectivity index (χ1v) is 7.05. The van der Waals surface area contributed by atoms with Gasteiger partial charge in [-0.1, -0.05) is 38.1 Å². The van der Waals surface area contributed by atoms with Gasteiger partial charge in [-0.3, -0.25) is 0 Å². The Hall–Kier alpha value is -1.13. The van der Waals surface area contributed by atoms with Crippen molar-refractivity contribution in [1.29, 1.82) is 0 Å². The molecule has 0 atom stereocenters. The highest BCUT2D eigenvalue weighted by Gasteiger charge is 2.13. The molecule has 4 heteroatoms. The summed E-state index contributed by atoms with van der Waals surface area (Å²) in [6.07, 6.45) is 0. The topological polar surface area (TPSA) is 46.2 Å². The molecule has 94 valence electrons. The highest BCUT2D eigenvalue weighted by molar-refractivity contribution is 7.89. The fraction of sp³-hybridized carbons (Fsp3) is 0.385. The molecule has 1 rings (SSSR count). The van der Waals surface area contributed by atoms with Gasteiger partial charge in [0.2, 0.25) is 10.0 Å². The second kappa shape index (κ2) is 5.47. The molecule has 0 bridgehead atoms. The first-order chi connectivity index (χ1) is 7.83. The van der Waals surface area contributed by atoms with Gasteiger partial charge in [-0.25, -0.2) is 13.1 Å². The van der Waals surface area contributed by atoms with Crippen molar-refractivity contribution in [2.45, 2.75) is 31.6 Å². The van der Waals surface area contributed by atoms with E-state index in [-0.39, 0.29) is 6.54 Å². The third-order valence-electron chi connectivity index (χ3n) is 2.42. The van der Waals surface area contributed by atoms with Crippen molar-refractivity contribution in [3.63, 3.8) is 0 Å². The highest BCUT2D eigenvalue weighted by Crippen LogP contribution is 2.17. The summed E-state index contributed by atoms with van der Waals surface area (Å²) in [6.45, 7) is 9.86. The first-order valence-electron chi connectivity index (χ1n) is 5.57. The van der Waals surface area contributed by atoms with Gasteiger partial charge in [0.15, 0.2) is 0 Å². The number of benzene rings is 1. The van der Waals surface area contributed by atoms with Crippen molar-refractivity contribution < 1.29 is 8.42 Å². The Morgan fingerprint density at radius 2 is 1.82 bits per heavy atom. The third-order valence-corrected chi connectivity index (χ3v) is 3.84. The van der Waals surface area contributed by atoms with Crippen LogP contribution in [0.4, 0.5) is 0 Å². The van der Waals surface area contributed by atoms with Crippen LogP contribution in [0, 0.1) is 0 Å². The highest BCUT2D eigenvalue weighted by atomic mass is 32.2. The van der Waals surface area contributed by atoms with Crippen molar-refractivity contribution in [3.05, 3.63) is 42.0 Å². The minimum atomic E-state index is -3.41. The van der Waals surface area contributed by atoms with Crippen molar-refractivity contribution >= 4 is 10.0 Å². The zero-order valence-electron chi connectivity index (χ0n) is 10.5. The van der Waals surface area contributed by atoms with Crippen LogP contribution in [0.25, 0.3) is 0 Å². The van der Waals surface area contributed by atoms with Gasteiger partial charge in [0.25, 0.3) is 0 Å². The van der Waals surface area contributed by atoms with E-state index in [0.29, 0.717) is 10.8 Å². The maximum absolute atomic E-state index is 11.9. The van der Waals surface area contributed by atoms with Crippen LogP contribution in [-0.4, -0.2) is 15.0 Å². The molecule has 0 fully saturated rings. The van der Waals surface area contributed by atoms with E-state index in [2.05, 4.69) is 25.1 Å². The van der Waals surface area contributed by atoms with E-state index < -0.39 is 10.0 Å². The number of nitrogens with one attached hydrogen (secondary N) is 1. The molecule has 0 saturated heterocycles. The van der Waals surface area contributed by atoms with E-state index in [0.717, 1.165) is 11.1 Å². The van der Waals surface area contributed by atoms with Gasteiger partial charge in [0.1, 0.15) is 0 Å². The van der Waals surface area contributed by atoms with Gasteiger partial charge >= 0.3 is 0 Å². The standard InChI is InChI=1S/C13H19NO2S/c1-10(2)9-14-17(15,16)13-7-5-12(6-8-13)11(3)4/h5-8,11,14H,1,9H2,2-4H3. The van der Waals surface area contributed by atoms with Crippen LogP contribution in [0.1, 0.15) is 32.3 Å². The van der Waals surface area contributed by atoms with Gasteiger partial charge in [-0.05, 0) is 30.5 Å². The summed E-state index contributed by atoms with van der Waals surface area (Å²) in [5.74, 6) is 0.398. The molecule has 1 aromatic rings. The van der Waals surface area contributed by atoms with E-state index in [1.165, 1.54) is 0 Å². The van der Waals surface area contributed by atoms with Crippen LogP contribution in [0.2, 0.25) is 0 Å². The molecule has 0 aliphatic rings. The van der Waals surface area contributed by atoms with Crippen LogP contribution in [0.5, 0.6) is 0 Å². The summed E-state index contributed by atoms with van der Waals surface area (Å²) in [7, 11) is -3.41. The van der Waals surface area contributed by atoms with Crippen molar-refractivity contribution in [2.75, 3.05) is 6.54 Å². The zero-order chi connectivity index (χ0) is 13.1. The zero-order valence-corrected chi connectivity index (χ0v) is 11.3. The predicted octanol–water partition coefficient (Wildman–Crippen LogP) is 2.66. The lowest BCUT2D eigenvalue weighted by Gasteiger charge is -2.09. The monoisotopic (exact) mass is 253 g/mol. The average Bonchev–Trinajstić information content (AvgIpc) is 2.27. The lowest BCUT2D eigenvalue weighted by molar-refractivity contribution is 0.584. The van der Waals surface area contributed by atoms with Gasteiger partial charge in [-0.15, -0.1) is 0 Å². The van der Waals surface area contributed by atoms with E-state index in [1.807, 2.05) is 12.1 Å². The maximum Gasteiger partial charge on any atom is 0.240 e. The number of sulfonamides is 1. The molecule has 0 amide bonds. The predicted molar refractivity (Wildman–Crippen MR) is 70.5 cm³/mol. The van der Waals surface area contributed by atoms with E-state index >= 15 is 0 Å². The summed E-state index contributed by atoms with van der Waals surface area (Å²) in [6, 6.07) is 6.96. The lowest BCUT2D eigenvalue weighted by atomic mass is 10.0. The van der Waals surface area contributed by atoms with Crippen molar-refractivity contribution in [2.24, 2.45) is 0 Å². The van der Waals surface area contributed by atoms with Gasteiger partial charge < -0.3 is 0 Å². The minimum absolute atomic E-state index is 0.272. The fourth-order valence-electron chi connectivity index (χ4n) is 1.33. The van der Waals surface area contributed by atoms with Crippen LogP contribution >= 0.6 is 0 Å². The van der Waals surface area contributed by atoms with Crippen molar-refractivity contribution in [1.82, 2.24) is 4.72 Å². The second-order valence-electron chi connectivity index (χ2n) is 4.51. The molecule has 0 radical (unpaired) electrons. The molecule has 3 nitrogen and oxygen atoms in total. The summed E-state index contributed by atoms with van der Waals surface area (Å²) in [4.78, 5) is 0.295. The summed E-state index contributed by atoms with van der Waals surface area (Å²) in [5, 5.41) is 0. The van der Waals surface area contributed by atoms with E-state index in [9.17, 15) is 8.42 Å². The van der Waals surface area contributed by atoms with Gasteiger partial charge in [0.05, 0.1) is 4.90 Å². The third kappa shape index (κ3) is 3.98. The first kappa shape index (κ1) is 13.9. The number of hydrogen-bond acceptors (Lipinski definition) is 2. The minimum Gasteiger partial charge on any atom is -0.207 e. The average molecular weight is 253 g/mol. The molecule has 0 heterocycles. The molecular weight excluding hydrogens is 234 g/mol. The Morgan fingerprint density at radius 1 is 1.29 bits per heavy atom. The molecule has 0 aromatic heterocycles. The van der Waals surface area contributed by atoms with Gasteiger partial charge in [-0.2, -0.15) is 0 Å². The normalized spacial score (nSPS) is 11.8. The lowest BCUT2D eigenvalue weighted by Crippen LogP contribution is -2.25. The number of hydrogen-bond donors (Lipinski definition) is 1. The molecule has 1 N–H and O–H groups in total. The molecule has 0 unspecified atom stereocenters. The molecule has 0 spiro atoms. The number of rotatable bonds is 5.